The summed E-state index contributed by atoms with van der Waals surface area (Å²) in [6, 6.07) is 12.9. The molecule has 0 heterocycles. The lowest BCUT2D eigenvalue weighted by Gasteiger charge is -2.15. The predicted molar refractivity (Wildman–Crippen MR) is 90.5 cm³/mol. The maximum atomic E-state index is 12.6. The molecule has 0 saturated heterocycles. The molecule has 23 heavy (non-hydrogen) atoms. The molecule has 126 valence electrons. The molecule has 1 atom stereocenters. The van der Waals surface area contributed by atoms with E-state index in [0.29, 0.717) is 5.92 Å². The summed E-state index contributed by atoms with van der Waals surface area (Å²) in [7, 11) is 0. The zero-order valence-corrected chi connectivity index (χ0v) is 13.9. The first-order chi connectivity index (χ1) is 10.3. The Labute approximate surface area is 141 Å². The topological polar surface area (TPSA) is 26.0 Å². The molecule has 2 aromatic carbocycles. The van der Waals surface area contributed by atoms with E-state index in [-0.39, 0.29) is 18.4 Å². The van der Waals surface area contributed by atoms with Gasteiger partial charge in [-0.25, -0.2) is 0 Å². The van der Waals surface area contributed by atoms with Gasteiger partial charge < -0.3 is 5.73 Å². The highest BCUT2D eigenvalue weighted by atomic mass is 35.5. The van der Waals surface area contributed by atoms with E-state index < -0.39 is 11.7 Å². The Bertz CT molecular complexity index is 604. The molecule has 1 nitrogen and oxygen atoms in total. The fourth-order valence-corrected chi connectivity index (χ4v) is 2.42. The minimum atomic E-state index is -4.30. The maximum Gasteiger partial charge on any atom is 0.416 e. The third-order valence-corrected chi connectivity index (χ3v) is 3.61. The molecular formula is C18H21ClF3N. The van der Waals surface area contributed by atoms with Gasteiger partial charge in [0.2, 0.25) is 0 Å². The van der Waals surface area contributed by atoms with E-state index in [9.17, 15) is 13.2 Å². The van der Waals surface area contributed by atoms with Gasteiger partial charge in [-0.05, 0) is 41.2 Å². The molecule has 0 spiro atoms. The van der Waals surface area contributed by atoms with E-state index in [1.54, 1.807) is 0 Å². The van der Waals surface area contributed by atoms with Gasteiger partial charge in [-0.1, -0.05) is 50.2 Å². The average molecular weight is 344 g/mol. The van der Waals surface area contributed by atoms with Gasteiger partial charge in [-0.2, -0.15) is 13.2 Å². The molecule has 0 aliphatic carbocycles. The predicted octanol–water partition coefficient (Wildman–Crippen LogP) is 5.84. The lowest BCUT2D eigenvalue weighted by Crippen LogP contribution is -2.12. The van der Waals surface area contributed by atoms with Gasteiger partial charge in [0, 0.05) is 6.04 Å². The van der Waals surface area contributed by atoms with Crippen molar-refractivity contribution in [1.82, 2.24) is 0 Å². The molecule has 0 amide bonds. The van der Waals surface area contributed by atoms with Crippen LogP contribution in [0.3, 0.4) is 0 Å². The fourth-order valence-electron chi connectivity index (χ4n) is 2.42. The van der Waals surface area contributed by atoms with E-state index in [1.165, 1.54) is 12.1 Å². The number of alkyl halides is 3. The van der Waals surface area contributed by atoms with Gasteiger partial charge in [0.05, 0.1) is 5.56 Å². The summed E-state index contributed by atoms with van der Waals surface area (Å²) in [5.41, 5.74) is 8.19. The molecule has 0 saturated carbocycles. The van der Waals surface area contributed by atoms with Crippen LogP contribution in [-0.4, -0.2) is 0 Å². The Morgan fingerprint density at radius 1 is 0.870 bits per heavy atom. The quantitative estimate of drug-likeness (QED) is 0.741. The first-order valence-electron chi connectivity index (χ1n) is 7.30. The molecule has 2 N–H and O–H groups in total. The standard InChI is InChI=1S/C18H20F3N.ClH/c1-12(2)11-17(22)15-5-3-13(4-6-15)14-7-9-16(10-8-14)18(19,20)21;/h3-10,12,17H,11,22H2,1-2H3;1H/t17-;/m0./s1. The van der Waals surface area contributed by atoms with Gasteiger partial charge in [0.15, 0.2) is 0 Å². The van der Waals surface area contributed by atoms with E-state index in [4.69, 9.17) is 5.73 Å². The fraction of sp³-hybridized carbons (Fsp3) is 0.333. The summed E-state index contributed by atoms with van der Waals surface area (Å²) in [6.45, 7) is 4.24. The van der Waals surface area contributed by atoms with Crippen LogP contribution in [0.15, 0.2) is 48.5 Å². The van der Waals surface area contributed by atoms with Crippen molar-refractivity contribution in [3.8, 4) is 11.1 Å². The molecule has 0 bridgehead atoms. The van der Waals surface area contributed by atoms with Crippen LogP contribution >= 0.6 is 12.4 Å². The summed E-state index contributed by atoms with van der Waals surface area (Å²) in [5.74, 6) is 0.518. The SMILES string of the molecule is CC(C)C[C@H](N)c1ccc(-c2ccc(C(F)(F)F)cc2)cc1.Cl. The minimum absolute atomic E-state index is 0. The molecular weight excluding hydrogens is 323 g/mol. The smallest absolute Gasteiger partial charge is 0.324 e. The van der Waals surface area contributed by atoms with E-state index in [0.717, 1.165) is 35.2 Å². The van der Waals surface area contributed by atoms with Crippen LogP contribution in [0.1, 0.15) is 37.4 Å². The second kappa shape index (κ2) is 7.84. The Morgan fingerprint density at radius 3 is 1.70 bits per heavy atom. The second-order valence-corrected chi connectivity index (χ2v) is 5.93. The number of rotatable bonds is 4. The Hall–Kier alpha value is -1.52. The van der Waals surface area contributed by atoms with Crippen LogP contribution < -0.4 is 5.73 Å². The molecule has 5 heteroatoms. The summed E-state index contributed by atoms with van der Waals surface area (Å²) < 4.78 is 37.7. The van der Waals surface area contributed by atoms with Crippen molar-refractivity contribution in [3.63, 3.8) is 0 Å². The molecule has 0 fully saturated rings. The number of hydrogen-bond acceptors (Lipinski definition) is 1. The van der Waals surface area contributed by atoms with Gasteiger partial charge in [-0.3, -0.25) is 0 Å². The van der Waals surface area contributed by atoms with E-state index >= 15 is 0 Å². The van der Waals surface area contributed by atoms with Crippen molar-refractivity contribution in [2.24, 2.45) is 11.7 Å². The van der Waals surface area contributed by atoms with Crippen molar-refractivity contribution in [1.29, 1.82) is 0 Å². The first kappa shape index (κ1) is 19.5. The minimum Gasteiger partial charge on any atom is -0.324 e. The average Bonchev–Trinajstić information content (AvgIpc) is 2.46. The Kier molecular flexibility index (Phi) is 6.66. The highest BCUT2D eigenvalue weighted by molar-refractivity contribution is 5.85. The molecule has 0 aliphatic heterocycles. The van der Waals surface area contributed by atoms with Crippen molar-refractivity contribution >= 4 is 12.4 Å². The number of benzene rings is 2. The summed E-state index contributed by atoms with van der Waals surface area (Å²) in [6.07, 6.45) is -3.40. The highest BCUT2D eigenvalue weighted by Crippen LogP contribution is 2.31. The lowest BCUT2D eigenvalue weighted by molar-refractivity contribution is -0.137. The van der Waals surface area contributed by atoms with Crippen LogP contribution in [0.4, 0.5) is 13.2 Å². The first-order valence-corrected chi connectivity index (χ1v) is 7.30. The zero-order valence-electron chi connectivity index (χ0n) is 13.1. The largest absolute Gasteiger partial charge is 0.416 e. The van der Waals surface area contributed by atoms with Crippen LogP contribution in [-0.2, 0) is 6.18 Å². The summed E-state index contributed by atoms with van der Waals surface area (Å²) >= 11 is 0. The number of halogens is 4. The van der Waals surface area contributed by atoms with Crippen molar-refractivity contribution in [2.45, 2.75) is 32.5 Å². The van der Waals surface area contributed by atoms with Gasteiger partial charge in [0.25, 0.3) is 0 Å². The van der Waals surface area contributed by atoms with Gasteiger partial charge >= 0.3 is 6.18 Å². The normalized spacial score (nSPS) is 12.8. The third kappa shape index (κ3) is 5.26. The monoisotopic (exact) mass is 343 g/mol. The van der Waals surface area contributed by atoms with Crippen molar-refractivity contribution < 1.29 is 13.2 Å². The second-order valence-electron chi connectivity index (χ2n) is 5.93. The highest BCUT2D eigenvalue weighted by Gasteiger charge is 2.29. The van der Waals surface area contributed by atoms with Crippen LogP contribution in [0.2, 0.25) is 0 Å². The molecule has 0 unspecified atom stereocenters. The van der Waals surface area contributed by atoms with Crippen molar-refractivity contribution in [3.05, 3.63) is 59.7 Å². The molecule has 0 radical (unpaired) electrons. The maximum absolute atomic E-state index is 12.6. The molecule has 0 aliphatic rings. The molecule has 2 rings (SSSR count). The third-order valence-electron chi connectivity index (χ3n) is 3.61. The van der Waals surface area contributed by atoms with Crippen molar-refractivity contribution in [2.75, 3.05) is 0 Å². The van der Waals surface area contributed by atoms with Crippen LogP contribution in [0.25, 0.3) is 11.1 Å². The molecule has 2 aromatic rings. The Balaban J connectivity index is 0.00000264. The van der Waals surface area contributed by atoms with Gasteiger partial charge in [-0.15, -0.1) is 12.4 Å². The van der Waals surface area contributed by atoms with E-state index in [1.807, 2.05) is 24.3 Å². The van der Waals surface area contributed by atoms with Crippen LogP contribution in [0.5, 0.6) is 0 Å². The van der Waals surface area contributed by atoms with Crippen LogP contribution in [0, 0.1) is 5.92 Å². The van der Waals surface area contributed by atoms with Gasteiger partial charge in [0.1, 0.15) is 0 Å². The number of hydrogen-bond donors (Lipinski definition) is 1. The zero-order chi connectivity index (χ0) is 16.3. The number of nitrogens with two attached hydrogens (primary N) is 1. The summed E-state index contributed by atoms with van der Waals surface area (Å²) in [5, 5.41) is 0. The van der Waals surface area contributed by atoms with E-state index in [2.05, 4.69) is 13.8 Å². The lowest BCUT2D eigenvalue weighted by atomic mass is 9.95. The Morgan fingerprint density at radius 2 is 1.30 bits per heavy atom. The molecule has 0 aromatic heterocycles. The summed E-state index contributed by atoms with van der Waals surface area (Å²) in [4.78, 5) is 0.